The van der Waals surface area contributed by atoms with E-state index in [1.807, 2.05) is 13.8 Å². The lowest BCUT2D eigenvalue weighted by atomic mass is 10.0. The summed E-state index contributed by atoms with van der Waals surface area (Å²) in [6.07, 6.45) is 0.00333. The van der Waals surface area contributed by atoms with Crippen LogP contribution in [0.4, 0.5) is 10.7 Å². The highest BCUT2D eigenvalue weighted by Gasteiger charge is 2.32. The molecule has 2 atom stereocenters. The first-order chi connectivity index (χ1) is 9.85. The Labute approximate surface area is 130 Å². The molecule has 21 heavy (non-hydrogen) atoms. The quantitative estimate of drug-likeness (QED) is 0.866. The molecule has 1 aromatic rings. The largest absolute Gasteiger partial charge is 0.486 e. The van der Waals surface area contributed by atoms with Crippen molar-refractivity contribution in [3.8, 4) is 5.75 Å². The standard InChI is InChI=1S/C15H24N2O3S/c1-8(2)20-12-11(16)13(15(18)19-5)21-14(12)17-6-9(3)10(4)7-17/h8-10H,6-7,16H2,1-5H3. The van der Waals surface area contributed by atoms with Gasteiger partial charge in [0.15, 0.2) is 5.75 Å². The van der Waals surface area contributed by atoms with Crippen LogP contribution in [0.1, 0.15) is 37.4 Å². The Morgan fingerprint density at radius 1 is 1.33 bits per heavy atom. The van der Waals surface area contributed by atoms with Gasteiger partial charge in [0.1, 0.15) is 15.6 Å². The fourth-order valence-corrected chi connectivity index (χ4v) is 3.61. The van der Waals surface area contributed by atoms with Crippen LogP contribution in [0.2, 0.25) is 0 Å². The second-order valence-electron chi connectivity index (χ2n) is 6.00. The van der Waals surface area contributed by atoms with E-state index in [1.54, 1.807) is 0 Å². The molecular formula is C15H24N2O3S. The van der Waals surface area contributed by atoms with E-state index in [0.717, 1.165) is 18.1 Å². The van der Waals surface area contributed by atoms with Gasteiger partial charge in [-0.3, -0.25) is 0 Å². The zero-order valence-electron chi connectivity index (χ0n) is 13.3. The Hall–Kier alpha value is -1.43. The van der Waals surface area contributed by atoms with E-state index >= 15 is 0 Å². The number of esters is 1. The molecule has 118 valence electrons. The van der Waals surface area contributed by atoms with E-state index in [2.05, 4.69) is 18.7 Å². The topological polar surface area (TPSA) is 64.8 Å². The van der Waals surface area contributed by atoms with E-state index in [9.17, 15) is 4.79 Å². The minimum atomic E-state index is -0.405. The Morgan fingerprint density at radius 2 is 1.90 bits per heavy atom. The summed E-state index contributed by atoms with van der Waals surface area (Å²) in [5.74, 6) is 1.44. The van der Waals surface area contributed by atoms with Gasteiger partial charge < -0.3 is 20.1 Å². The van der Waals surface area contributed by atoms with Gasteiger partial charge in [0, 0.05) is 13.1 Å². The maximum absolute atomic E-state index is 11.9. The first kappa shape index (κ1) is 15.9. The molecule has 5 nitrogen and oxygen atoms in total. The summed E-state index contributed by atoms with van der Waals surface area (Å²) in [4.78, 5) is 14.6. The summed E-state index contributed by atoms with van der Waals surface area (Å²) in [5.41, 5.74) is 6.52. The number of carbonyl (C=O) groups is 1. The fraction of sp³-hybridized carbons (Fsp3) is 0.667. The summed E-state index contributed by atoms with van der Waals surface area (Å²) in [7, 11) is 1.37. The van der Waals surface area contributed by atoms with Crippen LogP contribution in [0.3, 0.4) is 0 Å². The first-order valence-corrected chi connectivity index (χ1v) is 8.09. The Morgan fingerprint density at radius 3 is 2.38 bits per heavy atom. The number of anilines is 2. The summed E-state index contributed by atoms with van der Waals surface area (Å²) < 4.78 is 10.7. The van der Waals surface area contributed by atoms with E-state index in [-0.39, 0.29) is 6.10 Å². The molecular weight excluding hydrogens is 288 g/mol. The van der Waals surface area contributed by atoms with Gasteiger partial charge in [0.05, 0.1) is 13.2 Å². The normalized spacial score (nSPS) is 21.9. The lowest BCUT2D eigenvalue weighted by molar-refractivity contribution is 0.0607. The van der Waals surface area contributed by atoms with Crippen molar-refractivity contribution in [3.05, 3.63) is 4.88 Å². The third-order valence-corrected chi connectivity index (χ3v) is 5.11. The minimum Gasteiger partial charge on any atom is -0.486 e. The van der Waals surface area contributed by atoms with Crippen LogP contribution in [0.25, 0.3) is 0 Å². The van der Waals surface area contributed by atoms with Gasteiger partial charge in [-0.15, -0.1) is 11.3 Å². The zero-order valence-corrected chi connectivity index (χ0v) is 14.1. The SMILES string of the molecule is COC(=O)c1sc(N2CC(C)C(C)C2)c(OC(C)C)c1N. The van der Waals surface area contributed by atoms with Crippen LogP contribution >= 0.6 is 11.3 Å². The van der Waals surface area contributed by atoms with Gasteiger partial charge in [-0.25, -0.2) is 4.79 Å². The average Bonchev–Trinajstić information content (AvgIpc) is 2.91. The number of nitrogen functional groups attached to an aromatic ring is 1. The molecule has 2 heterocycles. The Kier molecular flexibility index (Phi) is 4.66. The number of ether oxygens (including phenoxy) is 2. The third kappa shape index (κ3) is 3.10. The van der Waals surface area contributed by atoms with E-state index in [4.69, 9.17) is 15.2 Å². The molecule has 0 aliphatic carbocycles. The van der Waals surface area contributed by atoms with Crippen LogP contribution in [0.15, 0.2) is 0 Å². The van der Waals surface area contributed by atoms with Gasteiger partial charge >= 0.3 is 5.97 Å². The Bertz CT molecular complexity index is 517. The third-order valence-electron chi connectivity index (χ3n) is 3.88. The lowest BCUT2D eigenvalue weighted by Gasteiger charge is -2.19. The summed E-state index contributed by atoms with van der Waals surface area (Å²) >= 11 is 1.36. The highest BCUT2D eigenvalue weighted by molar-refractivity contribution is 7.19. The van der Waals surface area contributed by atoms with Gasteiger partial charge in [-0.2, -0.15) is 0 Å². The Balaban J connectivity index is 2.41. The van der Waals surface area contributed by atoms with Crippen LogP contribution in [0.5, 0.6) is 5.75 Å². The van der Waals surface area contributed by atoms with Crippen LogP contribution < -0.4 is 15.4 Å². The number of carbonyl (C=O) groups excluding carboxylic acids is 1. The molecule has 0 saturated carbocycles. The van der Waals surface area contributed by atoms with Crippen LogP contribution in [-0.2, 0) is 4.74 Å². The van der Waals surface area contributed by atoms with Crippen LogP contribution in [0, 0.1) is 11.8 Å². The predicted molar refractivity (Wildman–Crippen MR) is 86.4 cm³/mol. The molecule has 1 aromatic heterocycles. The summed E-state index contributed by atoms with van der Waals surface area (Å²) in [6.45, 7) is 10.3. The van der Waals surface area contributed by atoms with Crippen molar-refractivity contribution in [1.82, 2.24) is 0 Å². The molecule has 2 unspecified atom stereocenters. The average molecular weight is 312 g/mol. The van der Waals surface area contributed by atoms with Crippen molar-refractivity contribution in [1.29, 1.82) is 0 Å². The molecule has 1 aliphatic heterocycles. The number of nitrogens with two attached hydrogens (primary N) is 1. The number of methoxy groups -OCH3 is 1. The minimum absolute atomic E-state index is 0.00333. The van der Waals surface area contributed by atoms with E-state index in [1.165, 1.54) is 18.4 Å². The molecule has 2 rings (SSSR count). The second kappa shape index (κ2) is 6.13. The molecule has 0 bridgehead atoms. The van der Waals surface area contributed by atoms with Crippen molar-refractivity contribution < 1.29 is 14.3 Å². The fourth-order valence-electron chi connectivity index (χ4n) is 2.51. The van der Waals surface area contributed by atoms with Crippen molar-refractivity contribution in [3.63, 3.8) is 0 Å². The predicted octanol–water partition coefficient (Wildman–Crippen LogP) is 3.00. The van der Waals surface area contributed by atoms with Crippen molar-refractivity contribution in [2.75, 3.05) is 30.8 Å². The summed E-state index contributed by atoms with van der Waals surface area (Å²) in [5, 5.41) is 0.942. The maximum atomic E-state index is 11.9. The zero-order chi connectivity index (χ0) is 15.7. The van der Waals surface area contributed by atoms with Crippen molar-refractivity contribution in [2.24, 2.45) is 11.8 Å². The number of hydrogen-bond acceptors (Lipinski definition) is 6. The molecule has 2 N–H and O–H groups in total. The maximum Gasteiger partial charge on any atom is 0.350 e. The molecule has 1 fully saturated rings. The second-order valence-corrected chi connectivity index (χ2v) is 7.00. The molecule has 6 heteroatoms. The van der Waals surface area contributed by atoms with Crippen molar-refractivity contribution in [2.45, 2.75) is 33.8 Å². The highest BCUT2D eigenvalue weighted by atomic mass is 32.1. The van der Waals surface area contributed by atoms with E-state index < -0.39 is 5.97 Å². The monoisotopic (exact) mass is 312 g/mol. The number of hydrogen-bond donors (Lipinski definition) is 1. The number of rotatable bonds is 4. The van der Waals surface area contributed by atoms with Gasteiger partial charge in [0.25, 0.3) is 0 Å². The van der Waals surface area contributed by atoms with Gasteiger partial charge in [-0.05, 0) is 25.7 Å². The first-order valence-electron chi connectivity index (χ1n) is 7.27. The summed E-state index contributed by atoms with van der Waals surface area (Å²) in [6, 6.07) is 0. The van der Waals surface area contributed by atoms with Crippen LogP contribution in [-0.4, -0.2) is 32.3 Å². The van der Waals surface area contributed by atoms with Gasteiger partial charge in [-0.1, -0.05) is 13.8 Å². The molecule has 1 aliphatic rings. The molecule has 1 saturated heterocycles. The number of nitrogens with zero attached hydrogens (tertiary/aromatic N) is 1. The molecule has 0 spiro atoms. The molecule has 0 aromatic carbocycles. The van der Waals surface area contributed by atoms with Crippen molar-refractivity contribution >= 4 is 28.0 Å². The number of thiophene rings is 1. The smallest absolute Gasteiger partial charge is 0.350 e. The molecule has 0 amide bonds. The van der Waals surface area contributed by atoms with E-state index in [0.29, 0.717) is 28.1 Å². The molecule has 0 radical (unpaired) electrons. The lowest BCUT2D eigenvalue weighted by Crippen LogP contribution is -2.20. The van der Waals surface area contributed by atoms with Gasteiger partial charge in [0.2, 0.25) is 0 Å². The highest BCUT2D eigenvalue weighted by Crippen LogP contribution is 2.47.